The topological polar surface area (TPSA) is 71.1 Å². The lowest BCUT2D eigenvalue weighted by Gasteiger charge is -2.35. The van der Waals surface area contributed by atoms with Crippen molar-refractivity contribution in [2.75, 3.05) is 45.7 Å². The van der Waals surface area contributed by atoms with Gasteiger partial charge in [0, 0.05) is 43.9 Å². The fraction of sp³-hybridized carbons (Fsp3) is 0.556. The SMILES string of the molecule is COc1cc(C)c(NC(=O)N2CCN(C(=O)C3CC3)CC2)cc1OC. The molecule has 1 heterocycles. The molecule has 7 nitrogen and oxygen atoms in total. The Morgan fingerprint density at radius 1 is 1.00 bits per heavy atom. The van der Waals surface area contributed by atoms with E-state index in [4.69, 9.17) is 9.47 Å². The molecular formula is C18H25N3O4. The Morgan fingerprint density at radius 2 is 1.56 bits per heavy atom. The normalized spacial score (nSPS) is 17.2. The summed E-state index contributed by atoms with van der Waals surface area (Å²) in [6.45, 7) is 4.22. The smallest absolute Gasteiger partial charge is 0.321 e. The second-order valence-corrected chi connectivity index (χ2v) is 6.54. The van der Waals surface area contributed by atoms with Crippen molar-refractivity contribution in [3.8, 4) is 11.5 Å². The Bertz CT molecular complexity index is 665. The minimum absolute atomic E-state index is 0.158. The number of aryl methyl sites for hydroxylation is 1. The van der Waals surface area contributed by atoms with Crippen molar-refractivity contribution in [2.24, 2.45) is 5.92 Å². The Labute approximate surface area is 147 Å². The highest BCUT2D eigenvalue weighted by Crippen LogP contribution is 2.33. The van der Waals surface area contributed by atoms with E-state index < -0.39 is 0 Å². The standard InChI is InChI=1S/C18H25N3O4/c1-12-10-15(24-2)16(25-3)11-14(12)19-18(23)21-8-6-20(7-9-21)17(22)13-4-5-13/h10-11,13H,4-9H2,1-3H3,(H,19,23). The van der Waals surface area contributed by atoms with Crippen LogP contribution < -0.4 is 14.8 Å². The molecule has 1 saturated heterocycles. The summed E-state index contributed by atoms with van der Waals surface area (Å²) in [6.07, 6.45) is 2.02. The molecule has 7 heteroatoms. The van der Waals surface area contributed by atoms with Crippen LogP contribution in [0, 0.1) is 12.8 Å². The summed E-state index contributed by atoms with van der Waals surface area (Å²) < 4.78 is 10.6. The van der Waals surface area contributed by atoms with Gasteiger partial charge in [0.05, 0.1) is 14.2 Å². The van der Waals surface area contributed by atoms with E-state index in [-0.39, 0.29) is 17.9 Å². The van der Waals surface area contributed by atoms with Crippen molar-refractivity contribution in [3.05, 3.63) is 17.7 Å². The molecule has 0 atom stereocenters. The molecule has 1 aliphatic carbocycles. The summed E-state index contributed by atoms with van der Waals surface area (Å²) in [6, 6.07) is 3.44. The highest BCUT2D eigenvalue weighted by atomic mass is 16.5. The molecule has 0 radical (unpaired) electrons. The molecule has 25 heavy (non-hydrogen) atoms. The number of rotatable bonds is 4. The van der Waals surface area contributed by atoms with Crippen molar-refractivity contribution in [1.82, 2.24) is 9.80 Å². The van der Waals surface area contributed by atoms with E-state index in [1.807, 2.05) is 17.9 Å². The van der Waals surface area contributed by atoms with Crippen LogP contribution in [0.5, 0.6) is 11.5 Å². The molecule has 1 saturated carbocycles. The monoisotopic (exact) mass is 347 g/mol. The number of carbonyl (C=O) groups is 2. The van der Waals surface area contributed by atoms with Gasteiger partial charge >= 0.3 is 6.03 Å². The lowest BCUT2D eigenvalue weighted by molar-refractivity contribution is -0.133. The Morgan fingerprint density at radius 3 is 2.12 bits per heavy atom. The number of methoxy groups -OCH3 is 2. The minimum atomic E-state index is -0.158. The van der Waals surface area contributed by atoms with Crippen LogP contribution in [0.3, 0.4) is 0 Å². The molecule has 3 rings (SSSR count). The van der Waals surface area contributed by atoms with Crippen LogP contribution in [0.25, 0.3) is 0 Å². The summed E-state index contributed by atoms with van der Waals surface area (Å²) in [5.74, 6) is 1.68. The molecule has 1 aromatic rings. The minimum Gasteiger partial charge on any atom is -0.493 e. The number of amides is 3. The number of anilines is 1. The van der Waals surface area contributed by atoms with Crippen molar-refractivity contribution in [2.45, 2.75) is 19.8 Å². The molecule has 2 fully saturated rings. The number of nitrogens with one attached hydrogen (secondary N) is 1. The van der Waals surface area contributed by atoms with E-state index in [0.29, 0.717) is 43.4 Å². The van der Waals surface area contributed by atoms with Gasteiger partial charge in [-0.3, -0.25) is 4.79 Å². The third kappa shape index (κ3) is 3.81. The summed E-state index contributed by atoms with van der Waals surface area (Å²) in [5, 5.41) is 2.93. The number of hydrogen-bond donors (Lipinski definition) is 1. The van der Waals surface area contributed by atoms with Gasteiger partial charge in [0.2, 0.25) is 5.91 Å². The molecule has 0 spiro atoms. The predicted octanol–water partition coefficient (Wildman–Crippen LogP) is 2.10. The zero-order valence-electron chi connectivity index (χ0n) is 15.0. The second-order valence-electron chi connectivity index (χ2n) is 6.54. The van der Waals surface area contributed by atoms with Crippen molar-refractivity contribution in [3.63, 3.8) is 0 Å². The Hall–Kier alpha value is -2.44. The predicted molar refractivity (Wildman–Crippen MR) is 94.2 cm³/mol. The molecule has 0 unspecified atom stereocenters. The first kappa shape index (κ1) is 17.4. The number of piperazine rings is 1. The number of carbonyl (C=O) groups excluding carboxylic acids is 2. The largest absolute Gasteiger partial charge is 0.493 e. The van der Waals surface area contributed by atoms with Crippen LogP contribution in [-0.2, 0) is 4.79 Å². The van der Waals surface area contributed by atoms with Gasteiger partial charge in [0.1, 0.15) is 0 Å². The van der Waals surface area contributed by atoms with Crippen molar-refractivity contribution >= 4 is 17.6 Å². The molecule has 3 amide bonds. The lowest BCUT2D eigenvalue weighted by Crippen LogP contribution is -2.52. The molecule has 0 aromatic heterocycles. The van der Waals surface area contributed by atoms with E-state index in [1.54, 1.807) is 25.2 Å². The molecule has 1 aliphatic heterocycles. The number of urea groups is 1. The van der Waals surface area contributed by atoms with E-state index >= 15 is 0 Å². The van der Waals surface area contributed by atoms with Gasteiger partial charge in [-0.05, 0) is 31.4 Å². The maximum Gasteiger partial charge on any atom is 0.321 e. The summed E-state index contributed by atoms with van der Waals surface area (Å²) in [4.78, 5) is 28.2. The third-order valence-corrected chi connectivity index (χ3v) is 4.78. The van der Waals surface area contributed by atoms with Gasteiger partial charge in [-0.1, -0.05) is 0 Å². The summed E-state index contributed by atoms with van der Waals surface area (Å²) in [7, 11) is 3.15. The second kappa shape index (κ2) is 7.21. The van der Waals surface area contributed by atoms with Gasteiger partial charge in [0.25, 0.3) is 0 Å². The average molecular weight is 347 g/mol. The first-order valence-electron chi connectivity index (χ1n) is 8.60. The molecule has 1 N–H and O–H groups in total. The Balaban J connectivity index is 1.60. The van der Waals surface area contributed by atoms with E-state index in [9.17, 15) is 9.59 Å². The van der Waals surface area contributed by atoms with Gasteiger partial charge < -0.3 is 24.6 Å². The van der Waals surface area contributed by atoms with Gasteiger partial charge in [-0.2, -0.15) is 0 Å². The fourth-order valence-electron chi connectivity index (χ4n) is 3.03. The van der Waals surface area contributed by atoms with Gasteiger partial charge in [-0.25, -0.2) is 4.79 Å². The zero-order valence-corrected chi connectivity index (χ0v) is 15.0. The fourth-order valence-corrected chi connectivity index (χ4v) is 3.03. The third-order valence-electron chi connectivity index (χ3n) is 4.78. The van der Waals surface area contributed by atoms with E-state index in [2.05, 4.69) is 5.32 Å². The highest BCUT2D eigenvalue weighted by Gasteiger charge is 2.35. The number of benzene rings is 1. The Kier molecular flexibility index (Phi) is 5.01. The van der Waals surface area contributed by atoms with Gasteiger partial charge in [0.15, 0.2) is 11.5 Å². The number of hydrogen-bond acceptors (Lipinski definition) is 4. The molecule has 1 aromatic carbocycles. The maximum atomic E-state index is 12.5. The summed E-state index contributed by atoms with van der Waals surface area (Å²) >= 11 is 0. The van der Waals surface area contributed by atoms with Crippen molar-refractivity contribution in [1.29, 1.82) is 0 Å². The van der Waals surface area contributed by atoms with Crippen LogP contribution in [0.1, 0.15) is 18.4 Å². The zero-order chi connectivity index (χ0) is 18.0. The first-order valence-corrected chi connectivity index (χ1v) is 8.60. The van der Waals surface area contributed by atoms with Crippen LogP contribution in [0.2, 0.25) is 0 Å². The van der Waals surface area contributed by atoms with Gasteiger partial charge in [-0.15, -0.1) is 0 Å². The lowest BCUT2D eigenvalue weighted by atomic mass is 10.1. The summed E-state index contributed by atoms with van der Waals surface area (Å²) in [5.41, 5.74) is 1.59. The molecule has 2 aliphatic rings. The maximum absolute atomic E-state index is 12.5. The molecule has 0 bridgehead atoms. The average Bonchev–Trinajstić information content (AvgIpc) is 3.47. The molecule has 136 valence electrons. The first-order chi connectivity index (χ1) is 12.0. The number of nitrogens with zero attached hydrogens (tertiary/aromatic N) is 2. The highest BCUT2D eigenvalue weighted by molar-refractivity contribution is 5.91. The quantitative estimate of drug-likeness (QED) is 0.905. The molecular weight excluding hydrogens is 322 g/mol. The van der Waals surface area contributed by atoms with E-state index in [1.165, 1.54) is 0 Å². The van der Waals surface area contributed by atoms with Crippen LogP contribution in [0.15, 0.2) is 12.1 Å². The van der Waals surface area contributed by atoms with Crippen LogP contribution in [0.4, 0.5) is 10.5 Å². The van der Waals surface area contributed by atoms with Crippen LogP contribution in [-0.4, -0.2) is 62.1 Å². The number of ether oxygens (including phenoxy) is 2. The van der Waals surface area contributed by atoms with E-state index in [0.717, 1.165) is 18.4 Å². The van der Waals surface area contributed by atoms with Crippen LogP contribution >= 0.6 is 0 Å². The van der Waals surface area contributed by atoms with Crippen molar-refractivity contribution < 1.29 is 19.1 Å².